The number of fused-ring (bicyclic) bond motifs is 1. The standard InChI is InChI=1S/C18H14ClN5O2S/c1-12-2-5-14(19)10-17(12)27(25,26)23-15-6-3-13(4-7-15)16-8-9-18-21-20-11-24(18)22-16/h2-11,23H,1H3. The lowest BCUT2D eigenvalue weighted by Gasteiger charge is -2.11. The first kappa shape index (κ1) is 17.4. The molecular formula is C18H14ClN5O2S. The topological polar surface area (TPSA) is 89.2 Å². The fourth-order valence-electron chi connectivity index (χ4n) is 2.67. The number of nitrogens with zero attached hydrogens (tertiary/aromatic N) is 4. The molecule has 2 aromatic heterocycles. The second kappa shape index (κ2) is 6.64. The monoisotopic (exact) mass is 399 g/mol. The van der Waals surface area contributed by atoms with Crippen LogP contribution in [0.2, 0.25) is 5.02 Å². The molecule has 0 saturated heterocycles. The van der Waals surface area contributed by atoms with E-state index in [1.165, 1.54) is 12.4 Å². The number of hydrogen-bond acceptors (Lipinski definition) is 5. The molecule has 0 amide bonds. The molecule has 0 bridgehead atoms. The molecule has 4 aromatic rings. The zero-order valence-electron chi connectivity index (χ0n) is 14.2. The average Bonchev–Trinajstić information content (AvgIpc) is 3.11. The predicted octanol–water partition coefficient (Wildman–Crippen LogP) is 3.55. The van der Waals surface area contributed by atoms with E-state index in [0.717, 1.165) is 11.3 Å². The molecule has 0 unspecified atom stereocenters. The van der Waals surface area contributed by atoms with Gasteiger partial charge in [0, 0.05) is 16.3 Å². The van der Waals surface area contributed by atoms with Crippen LogP contribution in [0, 0.1) is 6.92 Å². The van der Waals surface area contributed by atoms with Crippen molar-refractivity contribution < 1.29 is 8.42 Å². The second-order valence-electron chi connectivity index (χ2n) is 5.94. The van der Waals surface area contributed by atoms with Gasteiger partial charge in [0.25, 0.3) is 10.0 Å². The first-order valence-electron chi connectivity index (χ1n) is 7.99. The van der Waals surface area contributed by atoms with Crippen LogP contribution < -0.4 is 4.72 Å². The molecule has 27 heavy (non-hydrogen) atoms. The van der Waals surface area contributed by atoms with E-state index in [-0.39, 0.29) is 4.90 Å². The van der Waals surface area contributed by atoms with Crippen LogP contribution in [0.1, 0.15) is 5.56 Å². The predicted molar refractivity (Wildman–Crippen MR) is 103 cm³/mol. The van der Waals surface area contributed by atoms with Crippen molar-refractivity contribution in [2.75, 3.05) is 4.72 Å². The summed E-state index contributed by atoms with van der Waals surface area (Å²) in [7, 11) is -3.74. The van der Waals surface area contributed by atoms with E-state index in [1.807, 2.05) is 12.1 Å². The highest BCUT2D eigenvalue weighted by Crippen LogP contribution is 2.24. The van der Waals surface area contributed by atoms with Gasteiger partial charge < -0.3 is 0 Å². The fraction of sp³-hybridized carbons (Fsp3) is 0.0556. The third-order valence-corrected chi connectivity index (χ3v) is 5.79. The van der Waals surface area contributed by atoms with Crippen LogP contribution >= 0.6 is 11.6 Å². The van der Waals surface area contributed by atoms with Crippen LogP contribution in [0.5, 0.6) is 0 Å². The molecule has 0 aliphatic carbocycles. The Hall–Kier alpha value is -2.97. The molecule has 7 nitrogen and oxygen atoms in total. The van der Waals surface area contributed by atoms with Gasteiger partial charge in [0.15, 0.2) is 5.65 Å². The molecule has 9 heteroatoms. The van der Waals surface area contributed by atoms with Gasteiger partial charge >= 0.3 is 0 Å². The maximum atomic E-state index is 12.6. The highest BCUT2D eigenvalue weighted by molar-refractivity contribution is 7.92. The van der Waals surface area contributed by atoms with Gasteiger partial charge in [-0.05, 0) is 48.9 Å². The van der Waals surface area contributed by atoms with E-state index in [4.69, 9.17) is 11.6 Å². The van der Waals surface area contributed by atoms with Crippen molar-refractivity contribution in [2.24, 2.45) is 0 Å². The fourth-order valence-corrected chi connectivity index (χ4v) is 4.23. The minimum Gasteiger partial charge on any atom is -0.280 e. The second-order valence-corrected chi connectivity index (χ2v) is 8.03. The summed E-state index contributed by atoms with van der Waals surface area (Å²) >= 11 is 5.94. The van der Waals surface area contributed by atoms with E-state index in [2.05, 4.69) is 20.0 Å². The largest absolute Gasteiger partial charge is 0.280 e. The third kappa shape index (κ3) is 3.49. The van der Waals surface area contributed by atoms with Gasteiger partial charge in [0.1, 0.15) is 6.33 Å². The van der Waals surface area contributed by atoms with Gasteiger partial charge in [-0.25, -0.2) is 8.42 Å². The van der Waals surface area contributed by atoms with Crippen molar-refractivity contribution in [3.63, 3.8) is 0 Å². The molecule has 0 aliphatic rings. The van der Waals surface area contributed by atoms with Crippen LogP contribution in [0.25, 0.3) is 16.9 Å². The van der Waals surface area contributed by atoms with E-state index >= 15 is 0 Å². The SMILES string of the molecule is Cc1ccc(Cl)cc1S(=O)(=O)Nc1ccc(-c2ccc3nncn3n2)cc1. The summed E-state index contributed by atoms with van der Waals surface area (Å²) < 4.78 is 29.4. The van der Waals surface area contributed by atoms with Crippen molar-refractivity contribution in [3.05, 3.63) is 71.5 Å². The summed E-state index contributed by atoms with van der Waals surface area (Å²) in [6, 6.07) is 15.4. The van der Waals surface area contributed by atoms with E-state index in [1.54, 1.807) is 47.8 Å². The number of benzene rings is 2. The van der Waals surface area contributed by atoms with Gasteiger partial charge in [0.05, 0.1) is 10.6 Å². The lowest BCUT2D eigenvalue weighted by Crippen LogP contribution is -2.14. The summed E-state index contributed by atoms with van der Waals surface area (Å²) in [6.45, 7) is 1.72. The zero-order chi connectivity index (χ0) is 19.0. The van der Waals surface area contributed by atoms with Gasteiger partial charge in [-0.2, -0.15) is 9.61 Å². The number of aromatic nitrogens is 4. The molecule has 1 N–H and O–H groups in total. The summed E-state index contributed by atoms with van der Waals surface area (Å²) in [4.78, 5) is 0.152. The van der Waals surface area contributed by atoms with Crippen LogP contribution in [0.4, 0.5) is 5.69 Å². The minimum atomic E-state index is -3.74. The molecule has 0 saturated carbocycles. The Kier molecular flexibility index (Phi) is 4.29. The molecule has 0 aliphatic heterocycles. The van der Waals surface area contributed by atoms with Crippen molar-refractivity contribution in [2.45, 2.75) is 11.8 Å². The Bertz CT molecular complexity index is 1240. The third-order valence-electron chi connectivity index (χ3n) is 4.03. The van der Waals surface area contributed by atoms with Gasteiger partial charge in [0.2, 0.25) is 0 Å². The maximum Gasteiger partial charge on any atom is 0.262 e. The molecule has 0 atom stereocenters. The van der Waals surface area contributed by atoms with Gasteiger partial charge in [-0.3, -0.25) is 4.72 Å². The molecule has 0 radical (unpaired) electrons. The van der Waals surface area contributed by atoms with E-state index in [9.17, 15) is 8.42 Å². The Balaban J connectivity index is 1.61. The molecule has 2 heterocycles. The molecular weight excluding hydrogens is 386 g/mol. The first-order valence-corrected chi connectivity index (χ1v) is 9.85. The quantitative estimate of drug-likeness (QED) is 0.566. The first-order chi connectivity index (χ1) is 12.9. The maximum absolute atomic E-state index is 12.6. The van der Waals surface area contributed by atoms with Crippen molar-refractivity contribution in [1.82, 2.24) is 19.8 Å². The van der Waals surface area contributed by atoms with Crippen LogP contribution in [-0.4, -0.2) is 28.2 Å². The summed E-state index contributed by atoms with van der Waals surface area (Å²) in [6.07, 6.45) is 1.52. The van der Waals surface area contributed by atoms with Crippen molar-refractivity contribution in [3.8, 4) is 11.3 Å². The lowest BCUT2D eigenvalue weighted by molar-refractivity contribution is 0.600. The highest BCUT2D eigenvalue weighted by atomic mass is 35.5. The molecule has 2 aromatic carbocycles. The highest BCUT2D eigenvalue weighted by Gasteiger charge is 2.17. The molecule has 0 spiro atoms. The number of hydrogen-bond donors (Lipinski definition) is 1. The summed E-state index contributed by atoms with van der Waals surface area (Å²) in [5.41, 5.74) is 3.29. The van der Waals surface area contributed by atoms with E-state index in [0.29, 0.717) is 21.9 Å². The molecule has 136 valence electrons. The summed E-state index contributed by atoms with van der Waals surface area (Å²) in [5, 5.41) is 12.5. The van der Waals surface area contributed by atoms with Crippen molar-refractivity contribution >= 4 is 33.0 Å². The number of sulfonamides is 1. The van der Waals surface area contributed by atoms with Gasteiger partial charge in [-0.1, -0.05) is 29.8 Å². The van der Waals surface area contributed by atoms with Crippen LogP contribution in [0.3, 0.4) is 0 Å². The Labute approximate surface area is 160 Å². The normalized spacial score (nSPS) is 11.6. The number of rotatable bonds is 4. The Morgan fingerprint density at radius 3 is 2.59 bits per heavy atom. The summed E-state index contributed by atoms with van der Waals surface area (Å²) in [5.74, 6) is 0. The van der Waals surface area contributed by atoms with Gasteiger partial charge in [-0.15, -0.1) is 10.2 Å². The lowest BCUT2D eigenvalue weighted by atomic mass is 10.1. The molecule has 4 rings (SSSR count). The number of anilines is 1. The Morgan fingerprint density at radius 2 is 1.81 bits per heavy atom. The average molecular weight is 400 g/mol. The van der Waals surface area contributed by atoms with Crippen LogP contribution in [0.15, 0.2) is 65.8 Å². The molecule has 0 fully saturated rings. The van der Waals surface area contributed by atoms with Crippen LogP contribution in [-0.2, 0) is 10.0 Å². The smallest absolute Gasteiger partial charge is 0.262 e. The van der Waals surface area contributed by atoms with E-state index < -0.39 is 10.0 Å². The zero-order valence-corrected chi connectivity index (χ0v) is 15.7. The number of aryl methyl sites for hydroxylation is 1. The number of nitrogens with one attached hydrogen (secondary N) is 1. The number of halogens is 1. The Morgan fingerprint density at radius 1 is 1.04 bits per heavy atom. The minimum absolute atomic E-state index is 0.152. The van der Waals surface area contributed by atoms with Crippen molar-refractivity contribution in [1.29, 1.82) is 0 Å².